The number of halogens is 1. The third kappa shape index (κ3) is 3.86. The summed E-state index contributed by atoms with van der Waals surface area (Å²) in [7, 11) is 0. The Morgan fingerprint density at radius 1 is 1.28 bits per heavy atom. The Balaban J connectivity index is 1.39. The first kappa shape index (κ1) is 16.6. The van der Waals surface area contributed by atoms with Crippen LogP contribution in [0.25, 0.3) is 0 Å². The normalized spacial score (nSPS) is 20.2. The van der Waals surface area contributed by atoms with Crippen molar-refractivity contribution in [1.82, 2.24) is 9.88 Å². The topological polar surface area (TPSA) is 40.5 Å². The average Bonchev–Trinajstić information content (AvgIpc) is 2.98. The molecule has 0 bridgehead atoms. The summed E-state index contributed by atoms with van der Waals surface area (Å²) < 4.78 is 0. The monoisotopic (exact) mass is 354 g/mol. The Morgan fingerprint density at radius 2 is 2.12 bits per heavy atom. The molecule has 5 heteroatoms. The number of likely N-dealkylation sites (tertiary alicyclic amines) is 1. The minimum absolute atomic E-state index is 0.458. The van der Waals surface area contributed by atoms with Crippen LogP contribution in [0, 0.1) is 0 Å². The van der Waals surface area contributed by atoms with Crippen molar-refractivity contribution in [2.75, 3.05) is 18.4 Å². The molecule has 1 unspecified atom stereocenters. The van der Waals surface area contributed by atoms with Gasteiger partial charge in [-0.2, -0.15) is 0 Å². The summed E-state index contributed by atoms with van der Waals surface area (Å²) in [4.78, 5) is 11.5. The van der Waals surface area contributed by atoms with Gasteiger partial charge in [-0.1, -0.05) is 23.7 Å². The van der Waals surface area contributed by atoms with Crippen molar-refractivity contribution in [2.24, 2.45) is 4.99 Å². The summed E-state index contributed by atoms with van der Waals surface area (Å²) >= 11 is 5.98. The van der Waals surface area contributed by atoms with Crippen molar-refractivity contribution in [1.29, 1.82) is 0 Å². The number of hydrogen-bond donors (Lipinski definition) is 1. The lowest BCUT2D eigenvalue weighted by molar-refractivity contribution is 0.208. The zero-order chi connectivity index (χ0) is 17.2. The van der Waals surface area contributed by atoms with Gasteiger partial charge in [0.15, 0.2) is 0 Å². The van der Waals surface area contributed by atoms with E-state index in [2.05, 4.69) is 45.3 Å². The van der Waals surface area contributed by atoms with Gasteiger partial charge in [0.1, 0.15) is 0 Å². The zero-order valence-corrected chi connectivity index (χ0v) is 15.3. The highest BCUT2D eigenvalue weighted by Crippen LogP contribution is 2.23. The Kier molecular flexibility index (Phi) is 4.73. The van der Waals surface area contributed by atoms with Crippen molar-refractivity contribution >= 4 is 23.0 Å². The Bertz CT molecular complexity index is 785. The molecule has 1 saturated heterocycles. The van der Waals surface area contributed by atoms with Gasteiger partial charge in [0, 0.05) is 35.4 Å². The maximum absolute atomic E-state index is 5.98. The third-order valence-electron chi connectivity index (χ3n) is 5.02. The second-order valence-electron chi connectivity index (χ2n) is 6.96. The lowest BCUT2D eigenvalue weighted by Gasteiger charge is -2.33. The van der Waals surface area contributed by atoms with Crippen molar-refractivity contribution in [3.63, 3.8) is 0 Å². The van der Waals surface area contributed by atoms with Gasteiger partial charge in [0.25, 0.3) is 0 Å². The standard InChI is InChI=1S/C20H23ClN4/c1-14-19-9-18(10-23-20(19)11-22-14)24-17-3-2-8-25(13-17)12-15-4-6-16(21)7-5-15/h4-7,9-10,17,24H,2-3,8,11-13H2,1H3. The van der Waals surface area contributed by atoms with Crippen molar-refractivity contribution in [3.05, 3.63) is 58.4 Å². The van der Waals surface area contributed by atoms with Crippen LogP contribution >= 0.6 is 11.6 Å². The lowest BCUT2D eigenvalue weighted by Crippen LogP contribution is -2.41. The minimum Gasteiger partial charge on any atom is -0.380 e. The highest BCUT2D eigenvalue weighted by atomic mass is 35.5. The Hall–Kier alpha value is -1.91. The molecule has 130 valence electrons. The predicted molar refractivity (Wildman–Crippen MR) is 104 cm³/mol. The number of piperidine rings is 1. The van der Waals surface area contributed by atoms with Gasteiger partial charge in [-0.25, -0.2) is 0 Å². The number of aliphatic imine (C=N–C) groups is 1. The molecule has 1 N–H and O–H groups in total. The Labute approximate surface area is 153 Å². The van der Waals surface area contributed by atoms with Crippen LogP contribution in [0.1, 0.15) is 36.6 Å². The molecule has 4 nitrogen and oxygen atoms in total. The first-order valence-corrected chi connectivity index (χ1v) is 9.29. The summed E-state index contributed by atoms with van der Waals surface area (Å²) in [5.74, 6) is 0. The van der Waals surface area contributed by atoms with Gasteiger partial charge in [0.05, 0.1) is 24.1 Å². The molecule has 3 heterocycles. The molecule has 1 aromatic heterocycles. The average molecular weight is 355 g/mol. The quantitative estimate of drug-likeness (QED) is 0.897. The van der Waals surface area contributed by atoms with Crippen LogP contribution in [0.4, 0.5) is 5.69 Å². The number of benzene rings is 1. The molecular formula is C20H23ClN4. The highest BCUT2D eigenvalue weighted by molar-refractivity contribution is 6.30. The van der Waals surface area contributed by atoms with E-state index in [4.69, 9.17) is 11.6 Å². The third-order valence-corrected chi connectivity index (χ3v) is 5.27. The molecule has 1 fully saturated rings. The molecule has 4 rings (SSSR count). The molecule has 0 aliphatic carbocycles. The van der Waals surface area contributed by atoms with Gasteiger partial charge in [-0.3, -0.25) is 14.9 Å². The van der Waals surface area contributed by atoms with Gasteiger partial charge in [-0.05, 0) is 50.1 Å². The lowest BCUT2D eigenvalue weighted by atomic mass is 10.0. The van der Waals surface area contributed by atoms with Gasteiger partial charge in [0.2, 0.25) is 0 Å². The first-order valence-electron chi connectivity index (χ1n) is 8.91. The minimum atomic E-state index is 0.458. The van der Waals surface area contributed by atoms with E-state index in [1.165, 1.54) is 24.0 Å². The predicted octanol–water partition coefficient (Wildman–Crippen LogP) is 4.13. The molecule has 0 spiro atoms. The van der Waals surface area contributed by atoms with Gasteiger partial charge < -0.3 is 5.32 Å². The molecule has 2 aliphatic heterocycles. The summed E-state index contributed by atoms with van der Waals surface area (Å²) in [5, 5.41) is 4.47. The summed E-state index contributed by atoms with van der Waals surface area (Å²) in [6.07, 6.45) is 4.36. The summed E-state index contributed by atoms with van der Waals surface area (Å²) in [6.45, 7) is 5.96. The van der Waals surface area contributed by atoms with Crippen LogP contribution in [0.5, 0.6) is 0 Å². The maximum Gasteiger partial charge on any atom is 0.0821 e. The van der Waals surface area contributed by atoms with Crippen LogP contribution in [0.2, 0.25) is 5.02 Å². The molecule has 2 aromatic rings. The largest absolute Gasteiger partial charge is 0.380 e. The molecule has 0 amide bonds. The number of hydrogen-bond acceptors (Lipinski definition) is 4. The maximum atomic E-state index is 5.98. The van der Waals surface area contributed by atoms with E-state index in [0.717, 1.165) is 48.3 Å². The molecule has 2 aliphatic rings. The molecular weight excluding hydrogens is 332 g/mol. The zero-order valence-electron chi connectivity index (χ0n) is 14.5. The smallest absolute Gasteiger partial charge is 0.0821 e. The number of nitrogens with zero attached hydrogens (tertiary/aromatic N) is 3. The Morgan fingerprint density at radius 3 is 2.96 bits per heavy atom. The van der Waals surface area contributed by atoms with Crippen molar-refractivity contribution in [3.8, 4) is 0 Å². The molecule has 25 heavy (non-hydrogen) atoms. The van der Waals surface area contributed by atoms with Crippen LogP contribution < -0.4 is 5.32 Å². The molecule has 0 saturated carbocycles. The number of anilines is 1. The highest BCUT2D eigenvalue weighted by Gasteiger charge is 2.21. The number of aromatic nitrogens is 1. The fraction of sp³-hybridized carbons (Fsp3) is 0.400. The number of pyridine rings is 1. The fourth-order valence-corrected chi connectivity index (χ4v) is 3.82. The van der Waals surface area contributed by atoms with Crippen molar-refractivity contribution in [2.45, 2.75) is 38.9 Å². The first-order chi connectivity index (χ1) is 12.2. The van der Waals surface area contributed by atoms with E-state index in [-0.39, 0.29) is 0 Å². The van der Waals surface area contributed by atoms with E-state index in [1.807, 2.05) is 18.3 Å². The van der Waals surface area contributed by atoms with E-state index in [9.17, 15) is 0 Å². The van der Waals surface area contributed by atoms with Gasteiger partial charge >= 0.3 is 0 Å². The fourth-order valence-electron chi connectivity index (χ4n) is 3.69. The number of fused-ring (bicyclic) bond motifs is 1. The molecule has 1 atom stereocenters. The SMILES string of the molecule is CC1=NCc2ncc(NC3CCCN(Cc4ccc(Cl)cc4)C3)cc21. The number of rotatable bonds is 4. The van der Waals surface area contributed by atoms with Gasteiger partial charge in [-0.15, -0.1) is 0 Å². The van der Waals surface area contributed by atoms with Crippen LogP contribution in [-0.2, 0) is 13.1 Å². The van der Waals surface area contributed by atoms with E-state index in [0.29, 0.717) is 6.04 Å². The summed E-state index contributed by atoms with van der Waals surface area (Å²) in [5.41, 5.74) is 5.80. The van der Waals surface area contributed by atoms with E-state index < -0.39 is 0 Å². The van der Waals surface area contributed by atoms with Crippen LogP contribution in [0.15, 0.2) is 41.5 Å². The van der Waals surface area contributed by atoms with Crippen molar-refractivity contribution < 1.29 is 0 Å². The second-order valence-corrected chi connectivity index (χ2v) is 7.40. The molecule has 0 radical (unpaired) electrons. The van der Waals surface area contributed by atoms with Crippen LogP contribution in [-0.4, -0.2) is 34.7 Å². The number of nitrogens with one attached hydrogen (secondary N) is 1. The van der Waals surface area contributed by atoms with Crippen LogP contribution in [0.3, 0.4) is 0 Å². The summed E-state index contributed by atoms with van der Waals surface area (Å²) in [6, 6.07) is 10.8. The van der Waals surface area contributed by atoms with E-state index >= 15 is 0 Å². The molecule has 1 aromatic carbocycles. The second kappa shape index (κ2) is 7.14. The van der Waals surface area contributed by atoms with E-state index in [1.54, 1.807) is 0 Å².